The van der Waals surface area contributed by atoms with Gasteiger partial charge in [0.15, 0.2) is 5.69 Å². The first-order valence-electron chi connectivity index (χ1n) is 9.43. The molecule has 0 atom stereocenters. The number of quaternary nitrogens is 1. The van der Waals surface area contributed by atoms with Crippen LogP contribution in [-0.2, 0) is 4.74 Å². The van der Waals surface area contributed by atoms with Crippen LogP contribution in [-0.4, -0.2) is 54.5 Å². The summed E-state index contributed by atoms with van der Waals surface area (Å²) in [7, 11) is 0. The number of aromatic nitrogens is 2. The zero-order chi connectivity index (χ0) is 17.1. The predicted molar refractivity (Wildman–Crippen MR) is 95.8 cm³/mol. The van der Waals surface area contributed by atoms with Gasteiger partial charge in [0.25, 0.3) is 5.91 Å². The van der Waals surface area contributed by atoms with Crippen LogP contribution in [0.15, 0.2) is 24.3 Å². The van der Waals surface area contributed by atoms with Crippen LogP contribution in [0.4, 0.5) is 0 Å². The second-order valence-electron chi connectivity index (χ2n) is 7.36. The molecule has 6 nitrogen and oxygen atoms in total. The van der Waals surface area contributed by atoms with Crippen LogP contribution in [0.3, 0.4) is 0 Å². The number of morpholine rings is 1. The van der Waals surface area contributed by atoms with Gasteiger partial charge in [0, 0.05) is 18.2 Å². The molecule has 0 bridgehead atoms. The third-order valence-corrected chi connectivity index (χ3v) is 5.93. The van der Waals surface area contributed by atoms with E-state index in [1.54, 1.807) is 4.90 Å². The van der Waals surface area contributed by atoms with Crippen LogP contribution < -0.4 is 10.2 Å². The molecule has 1 aromatic carbocycles. The first-order valence-corrected chi connectivity index (χ1v) is 9.43. The molecule has 1 saturated heterocycles. The Kier molecular flexibility index (Phi) is 4.72. The Morgan fingerprint density at radius 3 is 2.76 bits per heavy atom. The number of para-hydroxylation sites is 1. The van der Waals surface area contributed by atoms with Gasteiger partial charge in [-0.2, -0.15) is 5.10 Å². The highest BCUT2D eigenvalue weighted by Crippen LogP contribution is 2.26. The lowest BCUT2D eigenvalue weighted by atomic mass is 9.79. The molecular formula is C19H27N4O2+. The van der Waals surface area contributed by atoms with Crippen molar-refractivity contribution in [1.29, 1.82) is 0 Å². The van der Waals surface area contributed by atoms with E-state index in [0.717, 1.165) is 43.8 Å². The molecule has 0 radical (unpaired) electrons. The second-order valence-corrected chi connectivity index (χ2v) is 7.36. The average molecular weight is 343 g/mol. The van der Waals surface area contributed by atoms with Crippen molar-refractivity contribution in [2.75, 3.05) is 32.8 Å². The molecule has 0 spiro atoms. The molecule has 1 saturated carbocycles. The molecule has 2 fully saturated rings. The van der Waals surface area contributed by atoms with Gasteiger partial charge in [0.2, 0.25) is 0 Å². The first-order chi connectivity index (χ1) is 12.3. The van der Waals surface area contributed by atoms with E-state index in [1.807, 2.05) is 24.3 Å². The Bertz CT molecular complexity index is 730. The smallest absolute Gasteiger partial charge is 0.272 e. The zero-order valence-corrected chi connectivity index (χ0v) is 14.6. The van der Waals surface area contributed by atoms with E-state index in [4.69, 9.17) is 4.74 Å². The lowest BCUT2D eigenvalue weighted by Gasteiger charge is -2.44. The molecule has 1 amide bonds. The van der Waals surface area contributed by atoms with Crippen LogP contribution in [0.25, 0.3) is 10.9 Å². The number of ether oxygens (including phenoxy) is 1. The third kappa shape index (κ3) is 3.28. The van der Waals surface area contributed by atoms with Crippen molar-refractivity contribution in [3.05, 3.63) is 30.0 Å². The van der Waals surface area contributed by atoms with Crippen LogP contribution in [0, 0.1) is 0 Å². The van der Waals surface area contributed by atoms with Crippen molar-refractivity contribution in [2.45, 2.75) is 37.6 Å². The lowest BCUT2D eigenvalue weighted by molar-refractivity contribution is -0.960. The van der Waals surface area contributed by atoms with E-state index in [0.29, 0.717) is 5.69 Å². The van der Waals surface area contributed by atoms with E-state index < -0.39 is 0 Å². The Hall–Kier alpha value is -1.92. The minimum absolute atomic E-state index is 0.0740. The number of benzene rings is 1. The maximum absolute atomic E-state index is 12.8. The quantitative estimate of drug-likeness (QED) is 0.773. The maximum Gasteiger partial charge on any atom is 0.272 e. The highest BCUT2D eigenvalue weighted by molar-refractivity contribution is 6.04. The Morgan fingerprint density at radius 1 is 1.20 bits per heavy atom. The van der Waals surface area contributed by atoms with Crippen molar-refractivity contribution in [3.8, 4) is 0 Å². The predicted octanol–water partition coefficient (Wildman–Crippen LogP) is 0.911. The summed E-state index contributed by atoms with van der Waals surface area (Å²) in [5.41, 5.74) is 1.56. The number of hydrogen-bond donors (Lipinski definition) is 3. The third-order valence-electron chi connectivity index (χ3n) is 5.93. The summed E-state index contributed by atoms with van der Waals surface area (Å²) in [6.45, 7) is 4.47. The second kappa shape index (κ2) is 7.14. The Labute approximate surface area is 147 Å². The van der Waals surface area contributed by atoms with Gasteiger partial charge >= 0.3 is 0 Å². The summed E-state index contributed by atoms with van der Waals surface area (Å²) in [5, 5.41) is 11.3. The molecule has 3 N–H and O–H groups in total. The zero-order valence-electron chi connectivity index (χ0n) is 14.6. The molecule has 134 valence electrons. The molecule has 2 aromatic rings. The molecule has 1 aliphatic heterocycles. The maximum atomic E-state index is 12.8. The van der Waals surface area contributed by atoms with Crippen molar-refractivity contribution in [2.24, 2.45) is 0 Å². The lowest BCUT2D eigenvalue weighted by Crippen LogP contribution is -3.23. The van der Waals surface area contributed by atoms with Crippen LogP contribution >= 0.6 is 0 Å². The van der Waals surface area contributed by atoms with Crippen LogP contribution in [0.5, 0.6) is 0 Å². The van der Waals surface area contributed by atoms with Crippen molar-refractivity contribution in [3.63, 3.8) is 0 Å². The van der Waals surface area contributed by atoms with Crippen molar-refractivity contribution in [1.82, 2.24) is 15.5 Å². The van der Waals surface area contributed by atoms with Gasteiger partial charge in [-0.3, -0.25) is 9.89 Å². The van der Waals surface area contributed by atoms with Gasteiger partial charge < -0.3 is 15.0 Å². The van der Waals surface area contributed by atoms with Gasteiger partial charge in [-0.05, 0) is 18.9 Å². The van der Waals surface area contributed by atoms with Gasteiger partial charge in [-0.25, -0.2) is 0 Å². The summed E-state index contributed by atoms with van der Waals surface area (Å²) in [5.74, 6) is -0.0740. The molecular weight excluding hydrogens is 316 g/mol. The van der Waals surface area contributed by atoms with Crippen LogP contribution in [0.1, 0.15) is 42.6 Å². The SMILES string of the molecule is O=C(NCC1([NH+]2CCOCC2)CCCCC1)c1n[nH]c2ccccc12. The number of hydrogen-bond acceptors (Lipinski definition) is 3. The summed E-state index contributed by atoms with van der Waals surface area (Å²) >= 11 is 0. The monoisotopic (exact) mass is 343 g/mol. The molecule has 0 unspecified atom stereocenters. The first kappa shape index (κ1) is 16.5. The molecule has 1 aromatic heterocycles. The molecule has 1 aliphatic carbocycles. The summed E-state index contributed by atoms with van der Waals surface area (Å²) in [6.07, 6.45) is 6.19. The van der Waals surface area contributed by atoms with Gasteiger partial charge in [-0.15, -0.1) is 0 Å². The fourth-order valence-corrected chi connectivity index (χ4v) is 4.50. The van der Waals surface area contributed by atoms with E-state index in [2.05, 4.69) is 15.5 Å². The van der Waals surface area contributed by atoms with E-state index in [-0.39, 0.29) is 11.4 Å². The molecule has 2 aliphatic rings. The minimum Gasteiger partial charge on any atom is -0.370 e. The van der Waals surface area contributed by atoms with Crippen molar-refractivity contribution < 1.29 is 14.4 Å². The number of H-pyrrole nitrogens is 1. The molecule has 25 heavy (non-hydrogen) atoms. The number of carbonyl (C=O) groups is 1. The number of aromatic amines is 1. The Balaban J connectivity index is 1.49. The Morgan fingerprint density at radius 2 is 1.96 bits per heavy atom. The van der Waals surface area contributed by atoms with Crippen molar-refractivity contribution >= 4 is 16.8 Å². The number of nitrogens with zero attached hydrogens (tertiary/aromatic N) is 1. The average Bonchev–Trinajstić information content (AvgIpc) is 3.12. The number of nitrogens with one attached hydrogen (secondary N) is 3. The fourth-order valence-electron chi connectivity index (χ4n) is 4.50. The van der Waals surface area contributed by atoms with Crippen LogP contribution in [0.2, 0.25) is 0 Å². The summed E-state index contributed by atoms with van der Waals surface area (Å²) in [4.78, 5) is 14.4. The standard InChI is InChI=1S/C19H26N4O2/c24-18(17-15-6-2-3-7-16(15)21-22-17)20-14-19(8-4-1-5-9-19)23-10-12-25-13-11-23/h2-3,6-7H,1,4-5,8-14H2,(H,20,24)(H,21,22)/p+1. The number of amides is 1. The van der Waals surface area contributed by atoms with Gasteiger partial charge in [0.05, 0.1) is 25.3 Å². The summed E-state index contributed by atoms with van der Waals surface area (Å²) < 4.78 is 5.55. The van der Waals surface area contributed by atoms with E-state index in [1.165, 1.54) is 32.1 Å². The van der Waals surface area contributed by atoms with E-state index in [9.17, 15) is 4.79 Å². The normalized spacial score (nSPS) is 21.3. The van der Waals surface area contributed by atoms with Gasteiger partial charge in [0.1, 0.15) is 18.6 Å². The van der Waals surface area contributed by atoms with E-state index >= 15 is 0 Å². The highest BCUT2D eigenvalue weighted by Gasteiger charge is 2.42. The molecule has 2 heterocycles. The molecule has 4 rings (SSSR count). The largest absolute Gasteiger partial charge is 0.370 e. The number of fused-ring (bicyclic) bond motifs is 1. The highest BCUT2D eigenvalue weighted by atomic mass is 16.5. The van der Waals surface area contributed by atoms with Gasteiger partial charge in [-0.1, -0.05) is 24.6 Å². The number of rotatable bonds is 4. The summed E-state index contributed by atoms with van der Waals surface area (Å²) in [6, 6.07) is 7.77. The molecule has 6 heteroatoms. The fraction of sp³-hybridized carbons (Fsp3) is 0.579. The minimum atomic E-state index is -0.0740. The number of carbonyl (C=O) groups excluding carboxylic acids is 1. The topological polar surface area (TPSA) is 71.4 Å².